The highest BCUT2D eigenvalue weighted by Gasteiger charge is 2.19. The number of hydrogen-bond acceptors (Lipinski definition) is 6. The van der Waals surface area contributed by atoms with E-state index < -0.39 is 12.0 Å². The standard InChI is InChI=1S/C11H17N3O4S/c1-7-12-10(18-14-7)4-3-9(15)13-8(11(16)17)5-6-19-2/h8H,3-6H2,1-2H3,(H,13,15)(H,16,17)/t8-/m0/s1. The van der Waals surface area contributed by atoms with Crippen molar-refractivity contribution in [2.45, 2.75) is 32.2 Å². The third-order valence-corrected chi connectivity index (χ3v) is 3.02. The number of thioether (sulfide) groups is 1. The topological polar surface area (TPSA) is 105 Å². The normalized spacial score (nSPS) is 12.1. The van der Waals surface area contributed by atoms with E-state index >= 15 is 0 Å². The Morgan fingerprint density at radius 1 is 1.53 bits per heavy atom. The molecule has 0 unspecified atom stereocenters. The van der Waals surface area contributed by atoms with Gasteiger partial charge in [-0.3, -0.25) is 4.79 Å². The van der Waals surface area contributed by atoms with Crippen LogP contribution in [0.15, 0.2) is 4.52 Å². The van der Waals surface area contributed by atoms with Crippen molar-refractivity contribution in [1.82, 2.24) is 15.5 Å². The van der Waals surface area contributed by atoms with Gasteiger partial charge in [-0.05, 0) is 25.4 Å². The van der Waals surface area contributed by atoms with E-state index in [2.05, 4.69) is 15.5 Å². The average molecular weight is 287 g/mol. The van der Waals surface area contributed by atoms with Crippen molar-refractivity contribution in [1.29, 1.82) is 0 Å². The second-order valence-electron chi connectivity index (χ2n) is 3.98. The number of aliphatic carboxylic acids is 1. The number of carboxylic acids is 1. The molecule has 1 rings (SSSR count). The van der Waals surface area contributed by atoms with Gasteiger partial charge >= 0.3 is 5.97 Å². The summed E-state index contributed by atoms with van der Waals surface area (Å²) in [5.74, 6) is 0.225. The Balaban J connectivity index is 2.37. The summed E-state index contributed by atoms with van der Waals surface area (Å²) < 4.78 is 4.87. The molecule has 0 aliphatic heterocycles. The molecule has 2 N–H and O–H groups in total. The maximum atomic E-state index is 11.6. The highest BCUT2D eigenvalue weighted by molar-refractivity contribution is 7.98. The molecular formula is C11H17N3O4S. The molecule has 0 spiro atoms. The Kier molecular flexibility index (Phi) is 6.34. The fraction of sp³-hybridized carbons (Fsp3) is 0.636. The second kappa shape index (κ2) is 7.78. The zero-order valence-corrected chi connectivity index (χ0v) is 11.7. The maximum absolute atomic E-state index is 11.6. The number of carbonyl (C=O) groups excluding carboxylic acids is 1. The van der Waals surface area contributed by atoms with E-state index in [1.807, 2.05) is 6.26 Å². The third-order valence-electron chi connectivity index (χ3n) is 2.38. The predicted octanol–water partition coefficient (Wildman–Crippen LogP) is 0.633. The molecule has 1 atom stereocenters. The lowest BCUT2D eigenvalue weighted by molar-refractivity contribution is -0.141. The van der Waals surface area contributed by atoms with Crippen LogP contribution >= 0.6 is 11.8 Å². The van der Waals surface area contributed by atoms with Gasteiger partial charge in [0.25, 0.3) is 0 Å². The molecule has 0 aliphatic rings. The van der Waals surface area contributed by atoms with Crippen LogP contribution in [0.4, 0.5) is 0 Å². The number of nitrogens with one attached hydrogen (secondary N) is 1. The number of aryl methyl sites for hydroxylation is 2. The molecule has 1 aromatic heterocycles. The number of nitrogens with zero attached hydrogens (tertiary/aromatic N) is 2. The monoisotopic (exact) mass is 287 g/mol. The van der Waals surface area contributed by atoms with Crippen LogP contribution in [0.1, 0.15) is 24.6 Å². The molecule has 1 aromatic rings. The van der Waals surface area contributed by atoms with E-state index in [1.54, 1.807) is 6.92 Å². The summed E-state index contributed by atoms with van der Waals surface area (Å²) in [6.07, 6.45) is 2.73. The highest BCUT2D eigenvalue weighted by Crippen LogP contribution is 2.03. The minimum atomic E-state index is -1.02. The van der Waals surface area contributed by atoms with E-state index in [9.17, 15) is 9.59 Å². The van der Waals surface area contributed by atoms with E-state index in [4.69, 9.17) is 9.63 Å². The molecule has 19 heavy (non-hydrogen) atoms. The molecular weight excluding hydrogens is 270 g/mol. The van der Waals surface area contributed by atoms with E-state index in [0.29, 0.717) is 30.3 Å². The van der Waals surface area contributed by atoms with Crippen LogP contribution in [0.3, 0.4) is 0 Å². The number of carbonyl (C=O) groups is 2. The molecule has 0 saturated carbocycles. The van der Waals surface area contributed by atoms with Gasteiger partial charge in [-0.25, -0.2) is 4.79 Å². The average Bonchev–Trinajstić information content (AvgIpc) is 2.77. The van der Waals surface area contributed by atoms with Gasteiger partial charge in [-0.15, -0.1) is 0 Å². The van der Waals surface area contributed by atoms with Crippen molar-refractivity contribution < 1.29 is 19.2 Å². The van der Waals surface area contributed by atoms with Gasteiger partial charge in [-0.2, -0.15) is 16.7 Å². The van der Waals surface area contributed by atoms with Crippen molar-refractivity contribution in [2.24, 2.45) is 0 Å². The summed E-state index contributed by atoms with van der Waals surface area (Å²) in [6.45, 7) is 1.69. The molecule has 8 heteroatoms. The number of rotatable bonds is 8. The fourth-order valence-corrected chi connectivity index (χ4v) is 1.89. The Hall–Kier alpha value is -1.57. The van der Waals surface area contributed by atoms with E-state index in [0.717, 1.165) is 0 Å². The zero-order chi connectivity index (χ0) is 14.3. The first-order valence-electron chi connectivity index (χ1n) is 5.83. The summed E-state index contributed by atoms with van der Waals surface area (Å²) in [4.78, 5) is 26.6. The number of amides is 1. The second-order valence-corrected chi connectivity index (χ2v) is 4.96. The molecule has 106 valence electrons. The van der Waals surface area contributed by atoms with Crippen molar-refractivity contribution >= 4 is 23.6 Å². The van der Waals surface area contributed by atoms with Gasteiger partial charge in [-0.1, -0.05) is 5.16 Å². The number of carboxylic acid groups (broad SMARTS) is 1. The Morgan fingerprint density at radius 2 is 2.26 bits per heavy atom. The number of aromatic nitrogens is 2. The quantitative estimate of drug-likeness (QED) is 0.722. The van der Waals surface area contributed by atoms with Gasteiger partial charge < -0.3 is 14.9 Å². The lowest BCUT2D eigenvalue weighted by Crippen LogP contribution is -2.41. The van der Waals surface area contributed by atoms with Gasteiger partial charge in [0.05, 0.1) is 0 Å². The Labute approximate surface area is 115 Å². The predicted molar refractivity (Wildman–Crippen MR) is 69.9 cm³/mol. The Bertz CT molecular complexity index is 435. The van der Waals surface area contributed by atoms with Crippen LogP contribution in [0.2, 0.25) is 0 Å². The smallest absolute Gasteiger partial charge is 0.326 e. The molecule has 1 amide bonds. The van der Waals surface area contributed by atoms with Gasteiger partial charge in [0.1, 0.15) is 6.04 Å². The van der Waals surface area contributed by atoms with Crippen LogP contribution in [-0.2, 0) is 16.0 Å². The molecule has 0 aromatic carbocycles. The van der Waals surface area contributed by atoms with Crippen LogP contribution < -0.4 is 5.32 Å². The van der Waals surface area contributed by atoms with Crippen LogP contribution in [0.5, 0.6) is 0 Å². The highest BCUT2D eigenvalue weighted by atomic mass is 32.2. The summed E-state index contributed by atoms with van der Waals surface area (Å²) in [7, 11) is 0. The summed E-state index contributed by atoms with van der Waals surface area (Å²) in [5, 5.41) is 15.1. The van der Waals surface area contributed by atoms with E-state index in [-0.39, 0.29) is 12.3 Å². The zero-order valence-electron chi connectivity index (χ0n) is 10.9. The third kappa shape index (κ3) is 5.73. The van der Waals surface area contributed by atoms with Gasteiger partial charge in [0.15, 0.2) is 5.82 Å². The molecule has 0 saturated heterocycles. The van der Waals surface area contributed by atoms with Crippen LogP contribution in [0, 0.1) is 6.92 Å². The molecule has 1 heterocycles. The SMILES string of the molecule is CSCC[C@H](NC(=O)CCc1nc(C)no1)C(=O)O. The minimum Gasteiger partial charge on any atom is -0.480 e. The lowest BCUT2D eigenvalue weighted by Gasteiger charge is -2.13. The summed E-state index contributed by atoms with van der Waals surface area (Å²) >= 11 is 1.54. The lowest BCUT2D eigenvalue weighted by atomic mass is 10.2. The van der Waals surface area contributed by atoms with Gasteiger partial charge in [0, 0.05) is 12.8 Å². The first-order valence-corrected chi connectivity index (χ1v) is 7.22. The molecule has 0 fully saturated rings. The number of hydrogen-bond donors (Lipinski definition) is 2. The molecule has 0 aliphatic carbocycles. The largest absolute Gasteiger partial charge is 0.480 e. The summed E-state index contributed by atoms with van der Waals surface area (Å²) in [6, 6.07) is -0.843. The van der Waals surface area contributed by atoms with Gasteiger partial charge in [0.2, 0.25) is 11.8 Å². The van der Waals surface area contributed by atoms with E-state index in [1.165, 1.54) is 11.8 Å². The first-order chi connectivity index (χ1) is 9.02. The van der Waals surface area contributed by atoms with Crippen molar-refractivity contribution in [3.63, 3.8) is 0 Å². The van der Waals surface area contributed by atoms with Crippen molar-refractivity contribution in [3.05, 3.63) is 11.7 Å². The molecule has 0 radical (unpaired) electrons. The summed E-state index contributed by atoms with van der Waals surface area (Å²) in [5.41, 5.74) is 0. The fourth-order valence-electron chi connectivity index (χ4n) is 1.42. The molecule has 0 bridgehead atoms. The first kappa shape index (κ1) is 15.5. The maximum Gasteiger partial charge on any atom is 0.326 e. The van der Waals surface area contributed by atoms with Crippen LogP contribution in [0.25, 0.3) is 0 Å². The van der Waals surface area contributed by atoms with Crippen molar-refractivity contribution in [3.8, 4) is 0 Å². The van der Waals surface area contributed by atoms with Crippen LogP contribution in [-0.4, -0.2) is 45.2 Å². The molecule has 7 nitrogen and oxygen atoms in total. The Morgan fingerprint density at radius 3 is 2.79 bits per heavy atom. The van der Waals surface area contributed by atoms with Crippen molar-refractivity contribution in [2.75, 3.05) is 12.0 Å². The minimum absolute atomic E-state index is 0.130.